The molecule has 0 fully saturated rings. The lowest BCUT2D eigenvalue weighted by molar-refractivity contribution is -0.0509. The zero-order valence-electron chi connectivity index (χ0n) is 7.36. The van der Waals surface area contributed by atoms with Gasteiger partial charge in [-0.1, -0.05) is 22.9 Å². The van der Waals surface area contributed by atoms with Gasteiger partial charge in [-0.25, -0.2) is 0 Å². The molecule has 0 saturated carbocycles. The number of hydrogen-bond donors (Lipinski definition) is 0. The van der Waals surface area contributed by atoms with Gasteiger partial charge in [0.05, 0.1) is 4.47 Å². The molecule has 0 N–H and O–H groups in total. The number of alkyl halides is 2. The van der Waals surface area contributed by atoms with E-state index in [0.29, 0.717) is 10.9 Å². The van der Waals surface area contributed by atoms with E-state index < -0.39 is 6.61 Å². The van der Waals surface area contributed by atoms with Gasteiger partial charge in [0.2, 0.25) is 0 Å². The van der Waals surface area contributed by atoms with Crippen molar-refractivity contribution in [1.82, 2.24) is 0 Å². The zero-order valence-corrected chi connectivity index (χ0v) is 10.5. The molecule has 0 atom stereocenters. The van der Waals surface area contributed by atoms with E-state index in [2.05, 4.69) is 36.6 Å². The molecule has 0 radical (unpaired) electrons. The van der Waals surface area contributed by atoms with Crippen LogP contribution in [-0.2, 0) is 6.42 Å². The van der Waals surface area contributed by atoms with Crippen molar-refractivity contribution in [2.75, 3.05) is 0 Å². The smallest absolute Gasteiger partial charge is 0.387 e. The Balaban J connectivity index is 3.16. The molecular weight excluding hydrogens is 322 g/mol. The topological polar surface area (TPSA) is 9.23 Å². The van der Waals surface area contributed by atoms with E-state index in [9.17, 15) is 8.78 Å². The maximum absolute atomic E-state index is 12.1. The fourth-order valence-corrected chi connectivity index (χ4v) is 2.18. The lowest BCUT2D eigenvalue weighted by atomic mass is 10.1. The normalized spacial score (nSPS) is 10.7. The van der Waals surface area contributed by atoms with Crippen LogP contribution in [-0.4, -0.2) is 6.61 Å². The first kappa shape index (κ1) is 11.9. The van der Waals surface area contributed by atoms with E-state index in [-0.39, 0.29) is 5.75 Å². The summed E-state index contributed by atoms with van der Waals surface area (Å²) in [6, 6.07) is 3.46. The Labute approximate surface area is 97.7 Å². The Morgan fingerprint density at radius 2 is 1.86 bits per heavy atom. The highest BCUT2D eigenvalue weighted by Gasteiger charge is 2.14. The molecule has 1 nitrogen and oxygen atoms in total. The minimum atomic E-state index is -2.80. The maximum atomic E-state index is 12.1. The molecule has 0 aliphatic heterocycles. The van der Waals surface area contributed by atoms with E-state index in [1.54, 1.807) is 12.1 Å². The van der Waals surface area contributed by atoms with Gasteiger partial charge in [-0.2, -0.15) is 8.78 Å². The number of benzene rings is 1. The van der Waals surface area contributed by atoms with Crippen molar-refractivity contribution in [3.8, 4) is 5.75 Å². The highest BCUT2D eigenvalue weighted by molar-refractivity contribution is 9.11. The van der Waals surface area contributed by atoms with Gasteiger partial charge in [0.1, 0.15) is 5.75 Å². The first-order valence-electron chi connectivity index (χ1n) is 3.98. The van der Waals surface area contributed by atoms with Crippen molar-refractivity contribution >= 4 is 31.9 Å². The fourth-order valence-electron chi connectivity index (χ4n) is 1.12. The highest BCUT2D eigenvalue weighted by atomic mass is 79.9. The first-order chi connectivity index (χ1) is 6.56. The minimum absolute atomic E-state index is 0.205. The molecule has 5 heteroatoms. The second-order valence-corrected chi connectivity index (χ2v) is 4.28. The fraction of sp³-hybridized carbons (Fsp3) is 0.333. The Hall–Kier alpha value is -0.160. The largest absolute Gasteiger partial charge is 0.433 e. The monoisotopic (exact) mass is 328 g/mol. The number of hydrogen-bond acceptors (Lipinski definition) is 1. The van der Waals surface area contributed by atoms with E-state index in [0.717, 1.165) is 10.0 Å². The molecule has 0 amide bonds. The van der Waals surface area contributed by atoms with E-state index in [1.165, 1.54) is 0 Å². The molecule has 1 aromatic rings. The van der Waals surface area contributed by atoms with Crippen LogP contribution >= 0.6 is 31.9 Å². The Kier molecular flexibility index (Phi) is 4.31. The standard InChI is InChI=1S/C9H8Br2F2O/c1-2-5-6(10)3-4-7(11)8(5)14-9(12)13/h3-4,9H,2H2,1H3. The third-order valence-corrected chi connectivity index (χ3v) is 3.08. The molecule has 78 valence electrons. The van der Waals surface area contributed by atoms with Gasteiger partial charge in [0.15, 0.2) is 0 Å². The molecule has 1 aromatic carbocycles. The molecule has 0 heterocycles. The first-order valence-corrected chi connectivity index (χ1v) is 5.56. The quantitative estimate of drug-likeness (QED) is 0.799. The average molecular weight is 330 g/mol. The van der Waals surface area contributed by atoms with Crippen molar-refractivity contribution in [1.29, 1.82) is 0 Å². The lowest BCUT2D eigenvalue weighted by Crippen LogP contribution is -2.05. The van der Waals surface area contributed by atoms with Crippen molar-refractivity contribution in [3.05, 3.63) is 26.6 Å². The van der Waals surface area contributed by atoms with E-state index >= 15 is 0 Å². The SMILES string of the molecule is CCc1c(Br)ccc(Br)c1OC(F)F. The molecule has 0 bridgehead atoms. The Morgan fingerprint density at radius 3 is 2.36 bits per heavy atom. The summed E-state index contributed by atoms with van der Waals surface area (Å²) in [6.07, 6.45) is 0.627. The van der Waals surface area contributed by atoms with Crippen molar-refractivity contribution in [2.24, 2.45) is 0 Å². The van der Waals surface area contributed by atoms with Crippen molar-refractivity contribution in [3.63, 3.8) is 0 Å². The number of ether oxygens (including phenoxy) is 1. The highest BCUT2D eigenvalue weighted by Crippen LogP contribution is 2.35. The van der Waals surface area contributed by atoms with Crippen LogP contribution in [0.2, 0.25) is 0 Å². The van der Waals surface area contributed by atoms with Gasteiger partial charge in [-0.3, -0.25) is 0 Å². The number of rotatable bonds is 3. The predicted molar refractivity (Wildman–Crippen MR) is 57.9 cm³/mol. The third-order valence-electron chi connectivity index (χ3n) is 1.72. The van der Waals surface area contributed by atoms with Gasteiger partial charge in [-0.05, 0) is 34.5 Å². The van der Waals surface area contributed by atoms with Gasteiger partial charge >= 0.3 is 6.61 Å². The van der Waals surface area contributed by atoms with Crippen molar-refractivity contribution in [2.45, 2.75) is 20.0 Å². The molecule has 14 heavy (non-hydrogen) atoms. The second kappa shape index (κ2) is 5.07. The summed E-state index contributed by atoms with van der Waals surface area (Å²) in [5.74, 6) is 0.205. The predicted octanol–water partition coefficient (Wildman–Crippen LogP) is 4.38. The molecule has 0 aromatic heterocycles. The van der Waals surface area contributed by atoms with Gasteiger partial charge in [-0.15, -0.1) is 0 Å². The van der Waals surface area contributed by atoms with Gasteiger partial charge in [0.25, 0.3) is 0 Å². The second-order valence-electron chi connectivity index (χ2n) is 2.57. The third kappa shape index (κ3) is 2.67. The molecular formula is C9H8Br2F2O. The Morgan fingerprint density at radius 1 is 1.29 bits per heavy atom. The minimum Gasteiger partial charge on any atom is -0.433 e. The summed E-state index contributed by atoms with van der Waals surface area (Å²) in [5.41, 5.74) is 0.736. The summed E-state index contributed by atoms with van der Waals surface area (Å²) >= 11 is 6.46. The Bertz CT molecular complexity index is 329. The summed E-state index contributed by atoms with van der Waals surface area (Å²) in [7, 11) is 0. The summed E-state index contributed by atoms with van der Waals surface area (Å²) in [5, 5.41) is 0. The molecule has 0 aliphatic rings. The molecule has 0 unspecified atom stereocenters. The molecule has 0 aliphatic carbocycles. The number of halogens is 4. The maximum Gasteiger partial charge on any atom is 0.387 e. The van der Waals surface area contributed by atoms with Crippen LogP contribution in [0.4, 0.5) is 8.78 Å². The van der Waals surface area contributed by atoms with Crippen LogP contribution < -0.4 is 4.74 Å². The lowest BCUT2D eigenvalue weighted by Gasteiger charge is -2.12. The van der Waals surface area contributed by atoms with Gasteiger partial charge in [0, 0.05) is 10.0 Å². The van der Waals surface area contributed by atoms with Gasteiger partial charge < -0.3 is 4.74 Å². The average Bonchev–Trinajstić information content (AvgIpc) is 2.11. The van der Waals surface area contributed by atoms with Crippen LogP contribution in [0.5, 0.6) is 5.75 Å². The summed E-state index contributed by atoms with van der Waals surface area (Å²) < 4.78 is 29.9. The summed E-state index contributed by atoms with van der Waals surface area (Å²) in [4.78, 5) is 0. The van der Waals surface area contributed by atoms with Crippen LogP contribution in [0.3, 0.4) is 0 Å². The van der Waals surface area contributed by atoms with Crippen LogP contribution in [0.25, 0.3) is 0 Å². The summed E-state index contributed by atoms with van der Waals surface area (Å²) in [6.45, 7) is -0.920. The molecule has 0 saturated heterocycles. The van der Waals surface area contributed by atoms with Crippen LogP contribution in [0, 0.1) is 0 Å². The van der Waals surface area contributed by atoms with Crippen molar-refractivity contribution < 1.29 is 13.5 Å². The van der Waals surface area contributed by atoms with E-state index in [1.807, 2.05) is 6.92 Å². The van der Waals surface area contributed by atoms with E-state index in [4.69, 9.17) is 0 Å². The van der Waals surface area contributed by atoms with Crippen LogP contribution in [0.1, 0.15) is 12.5 Å². The molecule has 1 rings (SSSR count). The van der Waals surface area contributed by atoms with Crippen LogP contribution in [0.15, 0.2) is 21.1 Å². The molecule has 0 spiro atoms. The zero-order chi connectivity index (χ0) is 10.7.